The highest BCUT2D eigenvalue weighted by Gasteiger charge is 2.36. The van der Waals surface area contributed by atoms with Gasteiger partial charge in [-0.1, -0.05) is 103 Å². The molecule has 4 aromatic rings. The van der Waals surface area contributed by atoms with Crippen LogP contribution in [0.1, 0.15) is 5.56 Å². The van der Waals surface area contributed by atoms with Gasteiger partial charge in [0.1, 0.15) is 10.9 Å². The van der Waals surface area contributed by atoms with E-state index in [1.54, 1.807) is 0 Å². The predicted molar refractivity (Wildman–Crippen MR) is 166 cm³/mol. The maximum atomic E-state index is 13.2. The smallest absolute Gasteiger partial charge is 0.332 e. The highest BCUT2D eigenvalue weighted by atomic mass is 32.2. The first-order valence-electron chi connectivity index (χ1n) is 12.2. The molecular weight excluding hydrogens is 541 g/mol. The van der Waals surface area contributed by atoms with Gasteiger partial charge in [0.25, 0.3) is 11.5 Å². The summed E-state index contributed by atoms with van der Waals surface area (Å²) in [6, 6.07) is 29.5. The molecule has 1 amide bonds. The van der Waals surface area contributed by atoms with Crippen LogP contribution in [0.5, 0.6) is 0 Å². The first-order valence-corrected chi connectivity index (χ1v) is 14.8. The number of thioether (sulfide) groups is 1. The molecule has 3 aromatic carbocycles. The number of carbonyl (C=O) groups is 1. The van der Waals surface area contributed by atoms with Crippen LogP contribution in [0, 0.1) is 6.57 Å². The minimum absolute atomic E-state index is 0.0106. The summed E-state index contributed by atoms with van der Waals surface area (Å²) in [4.78, 5) is 46.9. The lowest BCUT2D eigenvalue weighted by atomic mass is 10.2. The minimum atomic E-state index is -2.79. The zero-order valence-electron chi connectivity index (χ0n) is 21.7. The first-order chi connectivity index (χ1) is 19.3. The number of benzene rings is 3. The number of aliphatic imine (C=N–C) groups is 1. The van der Waals surface area contributed by atoms with Crippen LogP contribution in [-0.4, -0.2) is 25.5 Å². The Balaban J connectivity index is 1.81. The summed E-state index contributed by atoms with van der Waals surface area (Å²) in [6.07, 6.45) is 1.36. The number of nitrogens with two attached hydrogens (primary N) is 1. The first kappa shape index (κ1) is 26.9. The Bertz CT molecular complexity index is 1820. The topological polar surface area (TPSA) is 104 Å². The number of hydrogen-bond acceptors (Lipinski definition) is 5. The lowest BCUT2D eigenvalue weighted by Crippen LogP contribution is -2.39. The summed E-state index contributed by atoms with van der Waals surface area (Å²) < 4.78 is 2.08. The fourth-order valence-electron chi connectivity index (χ4n) is 4.69. The summed E-state index contributed by atoms with van der Waals surface area (Å²) in [5.41, 5.74) is 5.27. The molecular formula is C30H24N5O3PS. The minimum Gasteiger partial charge on any atom is -0.384 e. The number of nitrogen functional groups attached to an aromatic ring is 1. The van der Waals surface area contributed by atoms with Crippen LogP contribution in [0.25, 0.3) is 10.9 Å². The average Bonchev–Trinajstić information content (AvgIpc) is 3.36. The van der Waals surface area contributed by atoms with Gasteiger partial charge in [-0.15, -0.1) is 0 Å². The van der Waals surface area contributed by atoms with E-state index < -0.39 is 24.0 Å². The van der Waals surface area contributed by atoms with Crippen LogP contribution in [0.4, 0.5) is 5.82 Å². The van der Waals surface area contributed by atoms with Gasteiger partial charge in [0.2, 0.25) is 5.42 Å². The molecule has 1 aliphatic heterocycles. The summed E-state index contributed by atoms with van der Waals surface area (Å²) in [5, 5.41) is 3.12. The molecule has 0 bridgehead atoms. The molecule has 2 N–H and O–H groups in total. The van der Waals surface area contributed by atoms with Gasteiger partial charge in [0, 0.05) is 14.1 Å². The van der Waals surface area contributed by atoms with E-state index in [0.29, 0.717) is 5.42 Å². The Morgan fingerprint density at radius 1 is 0.850 bits per heavy atom. The van der Waals surface area contributed by atoms with Crippen molar-refractivity contribution in [3.8, 4) is 0 Å². The highest BCUT2D eigenvalue weighted by molar-refractivity contribution is 8.22. The van der Waals surface area contributed by atoms with E-state index in [9.17, 15) is 14.4 Å². The Labute approximate surface area is 234 Å². The van der Waals surface area contributed by atoms with Crippen molar-refractivity contribution in [2.45, 2.75) is 0 Å². The van der Waals surface area contributed by atoms with Gasteiger partial charge in [0.15, 0.2) is 0 Å². The van der Waals surface area contributed by atoms with Crippen molar-refractivity contribution in [1.82, 2.24) is 9.13 Å². The summed E-state index contributed by atoms with van der Waals surface area (Å²) in [5.74, 6) is -0.639. The van der Waals surface area contributed by atoms with E-state index in [4.69, 9.17) is 12.3 Å². The van der Waals surface area contributed by atoms with Gasteiger partial charge < -0.3 is 5.73 Å². The molecule has 40 heavy (non-hydrogen) atoms. The molecule has 2 heterocycles. The molecule has 1 aromatic heterocycles. The number of amides is 1. The van der Waals surface area contributed by atoms with Crippen molar-refractivity contribution < 1.29 is 4.79 Å². The maximum Gasteiger partial charge on any atom is 0.332 e. The maximum absolute atomic E-state index is 13.2. The second-order valence-corrected chi connectivity index (χ2v) is 13.3. The van der Waals surface area contributed by atoms with Crippen LogP contribution in [0.15, 0.2) is 110 Å². The van der Waals surface area contributed by atoms with E-state index in [-0.39, 0.29) is 21.3 Å². The molecule has 0 aliphatic carbocycles. The number of rotatable bonds is 5. The molecule has 0 radical (unpaired) electrons. The molecule has 10 heteroatoms. The van der Waals surface area contributed by atoms with Crippen molar-refractivity contribution in [3.05, 3.63) is 134 Å². The number of anilines is 1. The fourth-order valence-corrected chi connectivity index (χ4v) is 10.00. The SMILES string of the molecule is [C-]#[N+]C(C1=NC(=O)/C(=C/c2c(N)n(C)c(=O)n(C)c2=O)S1)=P(c1ccccc1)(c1ccccc1)c1ccccc1. The number of hydrogen-bond donors (Lipinski definition) is 1. The summed E-state index contributed by atoms with van der Waals surface area (Å²) >= 11 is 1.04. The van der Waals surface area contributed by atoms with Crippen LogP contribution in [0.3, 0.4) is 0 Å². The molecule has 0 saturated carbocycles. The zero-order valence-corrected chi connectivity index (χ0v) is 23.4. The molecule has 0 atom stereocenters. The predicted octanol–water partition coefficient (Wildman–Crippen LogP) is 2.72. The van der Waals surface area contributed by atoms with Crippen LogP contribution in [-0.2, 0) is 18.9 Å². The average molecular weight is 566 g/mol. The van der Waals surface area contributed by atoms with Crippen LogP contribution in [0.2, 0.25) is 0 Å². The van der Waals surface area contributed by atoms with Crippen molar-refractivity contribution >= 4 is 62.8 Å². The van der Waals surface area contributed by atoms with Gasteiger partial charge in [-0.25, -0.2) is 14.6 Å². The lowest BCUT2D eigenvalue weighted by molar-refractivity contribution is -0.113. The van der Waals surface area contributed by atoms with Gasteiger partial charge in [-0.3, -0.25) is 18.7 Å². The fraction of sp³-hybridized carbons (Fsp3) is 0.0667. The van der Waals surface area contributed by atoms with Gasteiger partial charge >= 0.3 is 5.69 Å². The van der Waals surface area contributed by atoms with E-state index in [2.05, 4.69) is 9.84 Å². The van der Waals surface area contributed by atoms with Crippen molar-refractivity contribution in [3.63, 3.8) is 0 Å². The van der Waals surface area contributed by atoms with Crippen molar-refractivity contribution in [1.29, 1.82) is 0 Å². The third-order valence-electron chi connectivity index (χ3n) is 6.69. The van der Waals surface area contributed by atoms with Crippen LogP contribution < -0.4 is 32.9 Å². The quantitative estimate of drug-likeness (QED) is 0.228. The molecule has 0 saturated heterocycles. The van der Waals surface area contributed by atoms with Gasteiger partial charge in [-0.2, -0.15) is 0 Å². The third-order valence-corrected chi connectivity index (χ3v) is 12.0. The molecule has 8 nitrogen and oxygen atoms in total. The molecule has 198 valence electrons. The highest BCUT2D eigenvalue weighted by Crippen LogP contribution is 2.48. The Hall–Kier alpha value is -4.64. The normalized spacial score (nSPS) is 14.2. The molecule has 0 unspecified atom stereocenters. The zero-order chi connectivity index (χ0) is 28.4. The van der Waals surface area contributed by atoms with E-state index in [1.165, 1.54) is 20.2 Å². The Morgan fingerprint density at radius 2 is 1.32 bits per heavy atom. The third kappa shape index (κ3) is 4.37. The molecule has 5 rings (SSSR count). The molecule has 0 fully saturated rings. The Kier molecular flexibility index (Phi) is 7.31. The van der Waals surface area contributed by atoms with E-state index in [0.717, 1.165) is 36.8 Å². The summed E-state index contributed by atoms with van der Waals surface area (Å²) in [6.45, 7) is 5.61. The summed E-state index contributed by atoms with van der Waals surface area (Å²) in [7, 11) is 2.80. The van der Waals surface area contributed by atoms with Gasteiger partial charge in [0.05, 0.1) is 17.0 Å². The van der Waals surface area contributed by atoms with Crippen LogP contribution >= 0.6 is 18.6 Å². The standard InChI is InChI=1S/C30H24N5O3PS/c1-32-27(28-33-26(36)24(40-28)19-23-25(31)34(2)30(38)35(3)29(23)37)39(20-13-7-4-8-14-20,21-15-9-5-10-16-21)22-17-11-6-12-18-22/h4-19H,31H2,2-3H3/b24-19-. The molecule has 0 spiro atoms. The second kappa shape index (κ2) is 10.9. The number of nitrogens with zero attached hydrogens (tertiary/aromatic N) is 4. The van der Waals surface area contributed by atoms with Gasteiger partial charge in [-0.05, 0) is 28.9 Å². The molecule has 1 aliphatic rings. The monoisotopic (exact) mass is 565 g/mol. The van der Waals surface area contributed by atoms with Crippen molar-refractivity contribution in [2.75, 3.05) is 5.73 Å². The largest absolute Gasteiger partial charge is 0.384 e. The van der Waals surface area contributed by atoms with Crippen molar-refractivity contribution in [2.24, 2.45) is 19.1 Å². The van der Waals surface area contributed by atoms with E-state index >= 15 is 0 Å². The second-order valence-electron chi connectivity index (χ2n) is 8.95. The number of carbonyl (C=O) groups excluding carboxylic acids is 1. The number of aromatic nitrogens is 2. The Morgan fingerprint density at radius 3 is 1.77 bits per heavy atom. The lowest BCUT2D eigenvalue weighted by Gasteiger charge is -2.30. The van der Waals surface area contributed by atoms with E-state index in [1.807, 2.05) is 91.0 Å².